The molecule has 0 aliphatic rings. The van der Waals surface area contributed by atoms with E-state index in [2.05, 4.69) is 30.6 Å². The number of rotatable bonds is 4. The summed E-state index contributed by atoms with van der Waals surface area (Å²) < 4.78 is 27.4. The predicted octanol–water partition coefficient (Wildman–Crippen LogP) is 2.87. The molecule has 0 bridgehead atoms. The monoisotopic (exact) mass is 363 g/mol. The molecule has 1 unspecified atom stereocenters. The van der Waals surface area contributed by atoms with Gasteiger partial charge in [0.1, 0.15) is 5.82 Å². The van der Waals surface area contributed by atoms with Crippen molar-refractivity contribution in [1.82, 2.24) is 14.7 Å². The lowest BCUT2D eigenvalue weighted by Gasteiger charge is -2.12. The predicted molar refractivity (Wildman–Crippen MR) is 76.5 cm³/mol. The number of H-pyrrole nitrogens is 1. The van der Waals surface area contributed by atoms with Crippen LogP contribution in [0.2, 0.25) is 5.02 Å². The van der Waals surface area contributed by atoms with E-state index in [-0.39, 0.29) is 4.90 Å². The van der Waals surface area contributed by atoms with Gasteiger partial charge in [0.05, 0.1) is 16.0 Å². The second-order valence-electron chi connectivity index (χ2n) is 3.89. The van der Waals surface area contributed by atoms with Crippen LogP contribution in [0.5, 0.6) is 0 Å². The zero-order chi connectivity index (χ0) is 14.0. The molecule has 102 valence electrons. The van der Waals surface area contributed by atoms with Gasteiger partial charge in [0.25, 0.3) is 0 Å². The maximum Gasteiger partial charge on any atom is 0.241 e. The molecular formula is C11H11BrClN3O2S. The van der Waals surface area contributed by atoms with Crippen LogP contribution < -0.4 is 4.72 Å². The average Bonchev–Trinajstić information content (AvgIpc) is 2.85. The van der Waals surface area contributed by atoms with Crippen LogP contribution in [-0.2, 0) is 10.0 Å². The molecule has 2 N–H and O–H groups in total. The van der Waals surface area contributed by atoms with Gasteiger partial charge in [0.15, 0.2) is 0 Å². The van der Waals surface area contributed by atoms with Crippen molar-refractivity contribution in [3.63, 3.8) is 0 Å². The molecule has 0 aliphatic heterocycles. The van der Waals surface area contributed by atoms with Crippen LogP contribution in [0.3, 0.4) is 0 Å². The molecule has 0 saturated heterocycles. The third kappa shape index (κ3) is 3.36. The molecule has 0 saturated carbocycles. The highest BCUT2D eigenvalue weighted by molar-refractivity contribution is 9.10. The Morgan fingerprint density at radius 1 is 1.47 bits per heavy atom. The lowest BCUT2D eigenvalue weighted by Crippen LogP contribution is -2.27. The van der Waals surface area contributed by atoms with Crippen molar-refractivity contribution >= 4 is 37.6 Å². The van der Waals surface area contributed by atoms with E-state index >= 15 is 0 Å². The number of nitrogens with zero attached hydrogens (tertiary/aromatic N) is 1. The summed E-state index contributed by atoms with van der Waals surface area (Å²) >= 11 is 9.04. The number of benzene rings is 1. The highest BCUT2D eigenvalue weighted by Crippen LogP contribution is 2.25. The lowest BCUT2D eigenvalue weighted by atomic mass is 10.3. The molecule has 8 heteroatoms. The molecular weight excluding hydrogens is 354 g/mol. The first kappa shape index (κ1) is 14.5. The van der Waals surface area contributed by atoms with E-state index < -0.39 is 16.1 Å². The Morgan fingerprint density at radius 2 is 2.21 bits per heavy atom. The zero-order valence-electron chi connectivity index (χ0n) is 9.89. The Kier molecular flexibility index (Phi) is 4.29. The first-order chi connectivity index (χ1) is 8.90. The molecule has 19 heavy (non-hydrogen) atoms. The Labute approximate surface area is 124 Å². The smallest absolute Gasteiger partial charge is 0.241 e. The Morgan fingerprint density at radius 3 is 2.79 bits per heavy atom. The molecule has 0 aliphatic carbocycles. The van der Waals surface area contributed by atoms with Gasteiger partial charge < -0.3 is 4.98 Å². The van der Waals surface area contributed by atoms with Gasteiger partial charge in [-0.15, -0.1) is 0 Å². The van der Waals surface area contributed by atoms with E-state index in [1.54, 1.807) is 19.3 Å². The minimum absolute atomic E-state index is 0.141. The van der Waals surface area contributed by atoms with E-state index in [0.29, 0.717) is 15.3 Å². The van der Waals surface area contributed by atoms with Crippen LogP contribution in [0, 0.1) is 0 Å². The fourth-order valence-corrected chi connectivity index (χ4v) is 3.40. The lowest BCUT2D eigenvalue weighted by molar-refractivity contribution is 0.561. The van der Waals surface area contributed by atoms with Crippen molar-refractivity contribution in [1.29, 1.82) is 0 Å². The van der Waals surface area contributed by atoms with E-state index in [4.69, 9.17) is 11.6 Å². The van der Waals surface area contributed by atoms with Gasteiger partial charge in [-0.1, -0.05) is 11.6 Å². The van der Waals surface area contributed by atoms with Crippen molar-refractivity contribution in [2.45, 2.75) is 17.9 Å². The molecule has 0 amide bonds. The van der Waals surface area contributed by atoms with Crippen molar-refractivity contribution in [2.75, 3.05) is 0 Å². The molecule has 2 rings (SSSR count). The standard InChI is InChI=1S/C11H11BrClN3O2S/c1-7(11-14-4-5-15-11)16-19(17,18)8-2-3-10(13)9(12)6-8/h2-7,16H,1H3,(H,14,15). The number of sulfonamides is 1. The van der Waals surface area contributed by atoms with Crippen LogP contribution in [0.1, 0.15) is 18.8 Å². The fourth-order valence-electron chi connectivity index (χ4n) is 1.51. The van der Waals surface area contributed by atoms with E-state index in [9.17, 15) is 8.42 Å². The zero-order valence-corrected chi connectivity index (χ0v) is 13.1. The second kappa shape index (κ2) is 5.62. The van der Waals surface area contributed by atoms with Crippen LogP contribution in [0.25, 0.3) is 0 Å². The Balaban J connectivity index is 2.25. The van der Waals surface area contributed by atoms with Crippen molar-refractivity contribution in [2.24, 2.45) is 0 Å². The van der Waals surface area contributed by atoms with Gasteiger partial charge in [-0.2, -0.15) is 0 Å². The largest absolute Gasteiger partial charge is 0.347 e. The minimum Gasteiger partial charge on any atom is -0.347 e. The van der Waals surface area contributed by atoms with Crippen LogP contribution in [0.4, 0.5) is 0 Å². The van der Waals surface area contributed by atoms with Gasteiger partial charge in [-0.3, -0.25) is 0 Å². The quantitative estimate of drug-likeness (QED) is 0.876. The summed E-state index contributed by atoms with van der Waals surface area (Å²) in [7, 11) is -3.62. The van der Waals surface area contributed by atoms with E-state index in [1.165, 1.54) is 18.2 Å². The van der Waals surface area contributed by atoms with Gasteiger partial charge >= 0.3 is 0 Å². The molecule has 1 aromatic carbocycles. The number of aromatic amines is 1. The molecule has 1 heterocycles. The van der Waals surface area contributed by atoms with Crippen LogP contribution in [-0.4, -0.2) is 18.4 Å². The highest BCUT2D eigenvalue weighted by Gasteiger charge is 2.20. The maximum absolute atomic E-state index is 12.2. The van der Waals surface area contributed by atoms with Gasteiger partial charge in [0.2, 0.25) is 10.0 Å². The van der Waals surface area contributed by atoms with Crippen molar-refractivity contribution in [3.05, 3.63) is 45.9 Å². The number of nitrogens with one attached hydrogen (secondary N) is 2. The van der Waals surface area contributed by atoms with Gasteiger partial charge in [-0.25, -0.2) is 18.1 Å². The topological polar surface area (TPSA) is 74.8 Å². The Hall–Kier alpha value is -0.890. The number of hydrogen-bond acceptors (Lipinski definition) is 3. The molecule has 0 radical (unpaired) electrons. The number of aromatic nitrogens is 2. The molecule has 5 nitrogen and oxygen atoms in total. The number of hydrogen-bond donors (Lipinski definition) is 2. The van der Waals surface area contributed by atoms with Crippen molar-refractivity contribution < 1.29 is 8.42 Å². The highest BCUT2D eigenvalue weighted by atomic mass is 79.9. The summed E-state index contributed by atoms with van der Waals surface area (Å²) in [5, 5.41) is 0.457. The first-order valence-electron chi connectivity index (χ1n) is 5.37. The Bertz CT molecular complexity index is 673. The van der Waals surface area contributed by atoms with Crippen molar-refractivity contribution in [3.8, 4) is 0 Å². The van der Waals surface area contributed by atoms with Gasteiger partial charge in [-0.05, 0) is 41.1 Å². The molecule has 2 aromatic rings. The summed E-state index contributed by atoms with van der Waals surface area (Å²) in [5.74, 6) is 0.552. The maximum atomic E-state index is 12.2. The molecule has 0 spiro atoms. The third-order valence-electron chi connectivity index (χ3n) is 2.46. The van der Waals surface area contributed by atoms with E-state index in [0.717, 1.165) is 0 Å². The number of halogens is 2. The summed E-state index contributed by atoms with van der Waals surface area (Å²) in [6.45, 7) is 1.71. The van der Waals surface area contributed by atoms with Crippen LogP contribution in [0.15, 0.2) is 40.0 Å². The minimum atomic E-state index is -3.62. The summed E-state index contributed by atoms with van der Waals surface area (Å²) in [5.41, 5.74) is 0. The average molecular weight is 365 g/mol. The second-order valence-corrected chi connectivity index (χ2v) is 6.87. The third-order valence-corrected chi connectivity index (χ3v) is 5.22. The SMILES string of the molecule is CC(NS(=O)(=O)c1ccc(Cl)c(Br)c1)c1ncc[nH]1. The molecule has 0 fully saturated rings. The summed E-state index contributed by atoms with van der Waals surface area (Å²) in [6, 6.07) is 3.98. The first-order valence-corrected chi connectivity index (χ1v) is 8.02. The molecule has 1 atom stereocenters. The summed E-state index contributed by atoms with van der Waals surface area (Å²) in [4.78, 5) is 7.02. The fraction of sp³-hybridized carbons (Fsp3) is 0.182. The molecule has 1 aromatic heterocycles. The van der Waals surface area contributed by atoms with E-state index in [1.807, 2.05) is 0 Å². The van der Waals surface area contributed by atoms with Crippen LogP contribution >= 0.6 is 27.5 Å². The summed E-state index contributed by atoms with van der Waals surface area (Å²) in [6.07, 6.45) is 3.21. The normalized spacial score (nSPS) is 13.4. The number of imidazole rings is 1. The van der Waals surface area contributed by atoms with Gasteiger partial charge in [0, 0.05) is 16.9 Å².